The first-order valence-corrected chi connectivity index (χ1v) is 6.94. The van der Waals surface area contributed by atoms with Crippen LogP contribution in [-0.4, -0.2) is 26.3 Å². The number of hydrogen-bond acceptors (Lipinski definition) is 4. The summed E-state index contributed by atoms with van der Waals surface area (Å²) >= 11 is 8.46. The largest absolute Gasteiger partial charge is 0.389 e. The third kappa shape index (κ3) is 3.51. The van der Waals surface area contributed by atoms with Crippen molar-refractivity contribution in [3.05, 3.63) is 40.4 Å². The van der Waals surface area contributed by atoms with Crippen LogP contribution in [-0.2, 0) is 13.5 Å². The minimum atomic E-state index is 0.377. The third-order valence-corrected chi connectivity index (χ3v) is 3.43. The molecule has 5 nitrogen and oxygen atoms in total. The van der Waals surface area contributed by atoms with Gasteiger partial charge < -0.3 is 15.6 Å². The molecule has 3 N–H and O–H groups in total. The number of benzene rings is 1. The van der Waals surface area contributed by atoms with Gasteiger partial charge in [-0.1, -0.05) is 28.1 Å². The summed E-state index contributed by atoms with van der Waals surface area (Å²) in [6.45, 7) is 0.740. The zero-order chi connectivity index (χ0) is 13.8. The molecule has 0 saturated carbocycles. The topological polar surface area (TPSA) is 68.8 Å². The van der Waals surface area contributed by atoms with Gasteiger partial charge >= 0.3 is 0 Å². The smallest absolute Gasteiger partial charge is 0.134 e. The van der Waals surface area contributed by atoms with E-state index in [-0.39, 0.29) is 0 Å². The van der Waals surface area contributed by atoms with Gasteiger partial charge in [0, 0.05) is 35.7 Å². The van der Waals surface area contributed by atoms with E-state index in [4.69, 9.17) is 18.0 Å². The second-order valence-electron chi connectivity index (χ2n) is 4.09. The Balaban J connectivity index is 2.03. The molecule has 0 unspecified atom stereocenters. The number of nitrogens with zero attached hydrogens (tertiary/aromatic N) is 3. The lowest BCUT2D eigenvalue weighted by Crippen LogP contribution is -2.15. The third-order valence-electron chi connectivity index (χ3n) is 2.72. The Kier molecular flexibility index (Phi) is 4.49. The first-order chi connectivity index (χ1) is 9.08. The normalized spacial score (nSPS) is 10.4. The Bertz CT molecular complexity index is 596. The van der Waals surface area contributed by atoms with Crippen LogP contribution in [0.4, 0.5) is 5.69 Å². The molecular weight excluding hydrogens is 326 g/mol. The second kappa shape index (κ2) is 6.12. The number of thiocarbonyl (C=S) groups is 1. The van der Waals surface area contributed by atoms with E-state index in [1.165, 1.54) is 0 Å². The molecule has 0 atom stereocenters. The molecule has 1 heterocycles. The van der Waals surface area contributed by atoms with Crippen molar-refractivity contribution in [2.45, 2.75) is 6.42 Å². The fourth-order valence-electron chi connectivity index (χ4n) is 1.72. The van der Waals surface area contributed by atoms with Gasteiger partial charge in [0.15, 0.2) is 0 Å². The van der Waals surface area contributed by atoms with Crippen molar-refractivity contribution >= 4 is 38.8 Å². The van der Waals surface area contributed by atoms with Gasteiger partial charge in [-0.3, -0.25) is 0 Å². The van der Waals surface area contributed by atoms with E-state index in [0.717, 1.165) is 34.5 Å². The van der Waals surface area contributed by atoms with Crippen LogP contribution >= 0.6 is 28.1 Å². The van der Waals surface area contributed by atoms with Crippen molar-refractivity contribution in [2.75, 3.05) is 11.9 Å². The van der Waals surface area contributed by atoms with Gasteiger partial charge in [-0.25, -0.2) is 0 Å². The molecule has 0 radical (unpaired) electrons. The molecule has 0 aliphatic carbocycles. The average molecular weight is 340 g/mol. The molecule has 19 heavy (non-hydrogen) atoms. The van der Waals surface area contributed by atoms with Gasteiger partial charge in [0.25, 0.3) is 0 Å². The SMILES string of the molecule is Cn1cnnc1CCNc1ccc(Br)cc1C(N)=S. The molecular formula is C12H14BrN5S. The molecule has 2 aromatic rings. The monoisotopic (exact) mass is 339 g/mol. The van der Waals surface area contributed by atoms with Crippen LogP contribution in [0.3, 0.4) is 0 Å². The van der Waals surface area contributed by atoms with Gasteiger partial charge in [-0.15, -0.1) is 10.2 Å². The summed E-state index contributed by atoms with van der Waals surface area (Å²) in [6.07, 6.45) is 2.47. The molecule has 0 aliphatic rings. The number of nitrogens with one attached hydrogen (secondary N) is 1. The summed E-state index contributed by atoms with van der Waals surface area (Å²) in [7, 11) is 1.93. The predicted octanol–water partition coefficient (Wildman–Crippen LogP) is 1.87. The van der Waals surface area contributed by atoms with E-state index in [2.05, 4.69) is 31.4 Å². The lowest BCUT2D eigenvalue weighted by atomic mass is 10.1. The fourth-order valence-corrected chi connectivity index (χ4v) is 2.25. The Labute approximate surface area is 125 Å². The molecule has 1 aromatic heterocycles. The summed E-state index contributed by atoms with van der Waals surface area (Å²) in [6, 6.07) is 5.81. The van der Waals surface area contributed by atoms with Crippen molar-refractivity contribution in [3.63, 3.8) is 0 Å². The average Bonchev–Trinajstić information content (AvgIpc) is 2.77. The molecule has 100 valence electrons. The van der Waals surface area contributed by atoms with E-state index >= 15 is 0 Å². The predicted molar refractivity (Wildman–Crippen MR) is 83.2 cm³/mol. The van der Waals surface area contributed by atoms with Crippen LogP contribution in [0.5, 0.6) is 0 Å². The van der Waals surface area contributed by atoms with Crippen LogP contribution in [0.1, 0.15) is 11.4 Å². The number of halogens is 1. The molecule has 0 aliphatic heterocycles. The van der Waals surface area contributed by atoms with E-state index < -0.39 is 0 Å². The Morgan fingerprint density at radius 1 is 1.53 bits per heavy atom. The molecule has 7 heteroatoms. The fraction of sp³-hybridized carbons (Fsp3) is 0.250. The van der Waals surface area contributed by atoms with Crippen molar-refractivity contribution in [1.82, 2.24) is 14.8 Å². The minimum Gasteiger partial charge on any atom is -0.389 e. The summed E-state index contributed by atoms with van der Waals surface area (Å²) in [5.74, 6) is 0.932. The van der Waals surface area contributed by atoms with Crippen LogP contribution in [0.25, 0.3) is 0 Å². The van der Waals surface area contributed by atoms with Gasteiger partial charge in [-0.05, 0) is 18.2 Å². The van der Waals surface area contributed by atoms with Crippen molar-refractivity contribution in [2.24, 2.45) is 12.8 Å². The van der Waals surface area contributed by atoms with Gasteiger partial charge in [0.1, 0.15) is 17.1 Å². The maximum absolute atomic E-state index is 5.72. The molecule has 0 spiro atoms. The standard InChI is InChI=1S/C12H14BrN5S/c1-18-7-16-17-11(18)4-5-15-10-3-2-8(13)6-9(10)12(14)19/h2-3,6-7,15H,4-5H2,1H3,(H2,14,19). The second-order valence-corrected chi connectivity index (χ2v) is 5.44. The van der Waals surface area contributed by atoms with E-state index in [1.807, 2.05) is 29.8 Å². The minimum absolute atomic E-state index is 0.377. The van der Waals surface area contributed by atoms with E-state index in [0.29, 0.717) is 4.99 Å². The van der Waals surface area contributed by atoms with Crippen LogP contribution in [0.15, 0.2) is 29.0 Å². The molecule has 0 amide bonds. The lowest BCUT2D eigenvalue weighted by Gasteiger charge is -2.11. The summed E-state index contributed by atoms with van der Waals surface area (Å²) < 4.78 is 2.85. The highest BCUT2D eigenvalue weighted by molar-refractivity contribution is 9.10. The number of anilines is 1. The van der Waals surface area contributed by atoms with E-state index in [1.54, 1.807) is 6.33 Å². The number of nitrogens with two attached hydrogens (primary N) is 1. The first-order valence-electron chi connectivity index (χ1n) is 5.74. The van der Waals surface area contributed by atoms with Crippen molar-refractivity contribution < 1.29 is 0 Å². The van der Waals surface area contributed by atoms with Gasteiger partial charge in [-0.2, -0.15) is 0 Å². The molecule has 0 saturated heterocycles. The molecule has 1 aromatic carbocycles. The summed E-state index contributed by atoms with van der Waals surface area (Å²) in [5.41, 5.74) is 7.48. The maximum Gasteiger partial charge on any atom is 0.134 e. The molecule has 2 rings (SSSR count). The number of hydrogen-bond donors (Lipinski definition) is 2. The zero-order valence-electron chi connectivity index (χ0n) is 10.4. The Hall–Kier alpha value is -1.47. The highest BCUT2D eigenvalue weighted by Gasteiger charge is 2.06. The Morgan fingerprint density at radius 3 is 2.95 bits per heavy atom. The summed E-state index contributed by atoms with van der Waals surface area (Å²) in [5, 5.41) is 11.2. The highest BCUT2D eigenvalue weighted by Crippen LogP contribution is 2.21. The Morgan fingerprint density at radius 2 is 2.32 bits per heavy atom. The lowest BCUT2D eigenvalue weighted by molar-refractivity contribution is 0.788. The van der Waals surface area contributed by atoms with Crippen LogP contribution in [0.2, 0.25) is 0 Å². The van der Waals surface area contributed by atoms with Gasteiger partial charge in [0.05, 0.1) is 0 Å². The highest BCUT2D eigenvalue weighted by atomic mass is 79.9. The van der Waals surface area contributed by atoms with Crippen LogP contribution < -0.4 is 11.1 Å². The first kappa shape index (κ1) is 14.0. The number of aromatic nitrogens is 3. The number of aryl methyl sites for hydroxylation is 1. The zero-order valence-corrected chi connectivity index (χ0v) is 12.8. The molecule has 0 bridgehead atoms. The number of rotatable bonds is 5. The summed E-state index contributed by atoms with van der Waals surface area (Å²) in [4.78, 5) is 0.377. The maximum atomic E-state index is 5.72. The molecule has 0 fully saturated rings. The van der Waals surface area contributed by atoms with Crippen LogP contribution in [0, 0.1) is 0 Å². The van der Waals surface area contributed by atoms with Crippen molar-refractivity contribution in [3.8, 4) is 0 Å². The van der Waals surface area contributed by atoms with E-state index in [9.17, 15) is 0 Å². The quantitative estimate of drug-likeness (QED) is 0.814. The van der Waals surface area contributed by atoms with Crippen molar-refractivity contribution in [1.29, 1.82) is 0 Å². The van der Waals surface area contributed by atoms with Gasteiger partial charge in [0.2, 0.25) is 0 Å².